The molecule has 2 unspecified atom stereocenters. The molecule has 0 saturated carbocycles. The van der Waals surface area contributed by atoms with Crippen molar-refractivity contribution in [2.75, 3.05) is 13.1 Å². The van der Waals surface area contributed by atoms with Gasteiger partial charge in [0, 0.05) is 29.2 Å². The van der Waals surface area contributed by atoms with E-state index in [-0.39, 0.29) is 11.9 Å². The summed E-state index contributed by atoms with van der Waals surface area (Å²) in [4.78, 5) is 14.3. The molecule has 98 valence electrons. The Morgan fingerprint density at radius 3 is 2.72 bits per heavy atom. The van der Waals surface area contributed by atoms with Gasteiger partial charge in [0.05, 0.1) is 0 Å². The molecule has 0 radical (unpaired) electrons. The summed E-state index contributed by atoms with van der Waals surface area (Å²) in [6.45, 7) is 5.60. The SMILES string of the molecule is Cc1cc(Br)cc(C(=O)N2CC(C)CC(N)C2)c1. The van der Waals surface area contributed by atoms with Crippen molar-refractivity contribution in [3.8, 4) is 0 Å². The number of rotatable bonds is 1. The average molecular weight is 311 g/mol. The number of halogens is 1. The quantitative estimate of drug-likeness (QED) is 0.866. The number of amides is 1. The Kier molecular flexibility index (Phi) is 4.07. The Hall–Kier alpha value is -0.870. The van der Waals surface area contributed by atoms with Crippen LogP contribution in [0.15, 0.2) is 22.7 Å². The number of hydrogen-bond acceptors (Lipinski definition) is 2. The summed E-state index contributed by atoms with van der Waals surface area (Å²) in [5.41, 5.74) is 7.81. The molecule has 2 N–H and O–H groups in total. The standard InChI is InChI=1S/C14H19BrN2O/c1-9-3-11(6-12(15)4-9)14(18)17-7-10(2)5-13(16)8-17/h3-4,6,10,13H,5,7-8,16H2,1-2H3. The van der Waals surface area contributed by atoms with Crippen LogP contribution in [0.2, 0.25) is 0 Å². The molecular weight excluding hydrogens is 292 g/mol. The van der Waals surface area contributed by atoms with Crippen molar-refractivity contribution < 1.29 is 4.79 Å². The lowest BCUT2D eigenvalue weighted by molar-refractivity contribution is 0.0661. The summed E-state index contributed by atoms with van der Waals surface area (Å²) in [7, 11) is 0. The van der Waals surface area contributed by atoms with Crippen LogP contribution >= 0.6 is 15.9 Å². The molecule has 18 heavy (non-hydrogen) atoms. The first-order valence-electron chi connectivity index (χ1n) is 6.27. The third-order valence-electron chi connectivity index (χ3n) is 3.27. The number of nitrogens with zero attached hydrogens (tertiary/aromatic N) is 1. The van der Waals surface area contributed by atoms with Gasteiger partial charge in [-0.3, -0.25) is 4.79 Å². The first-order valence-corrected chi connectivity index (χ1v) is 7.07. The molecule has 1 heterocycles. The van der Waals surface area contributed by atoms with Gasteiger partial charge >= 0.3 is 0 Å². The zero-order valence-electron chi connectivity index (χ0n) is 10.8. The van der Waals surface area contributed by atoms with Gasteiger partial charge in [-0.2, -0.15) is 0 Å². The molecule has 1 amide bonds. The number of nitrogens with two attached hydrogens (primary N) is 1. The largest absolute Gasteiger partial charge is 0.337 e. The van der Waals surface area contributed by atoms with Crippen LogP contribution in [0.1, 0.15) is 29.3 Å². The van der Waals surface area contributed by atoms with Crippen LogP contribution in [0.25, 0.3) is 0 Å². The molecule has 1 fully saturated rings. The predicted octanol–water partition coefficient (Wildman–Crippen LogP) is 2.57. The molecule has 0 bridgehead atoms. The summed E-state index contributed by atoms with van der Waals surface area (Å²) in [6.07, 6.45) is 1.00. The zero-order chi connectivity index (χ0) is 13.3. The van der Waals surface area contributed by atoms with E-state index >= 15 is 0 Å². The normalized spacial score (nSPS) is 24.1. The number of aryl methyl sites for hydroxylation is 1. The highest BCUT2D eigenvalue weighted by molar-refractivity contribution is 9.10. The van der Waals surface area contributed by atoms with Crippen molar-refractivity contribution >= 4 is 21.8 Å². The van der Waals surface area contributed by atoms with E-state index in [1.807, 2.05) is 30.0 Å². The fourth-order valence-corrected chi connectivity index (χ4v) is 3.22. The first kappa shape index (κ1) is 13.6. The van der Waals surface area contributed by atoms with Crippen molar-refractivity contribution in [3.63, 3.8) is 0 Å². The topological polar surface area (TPSA) is 46.3 Å². The third kappa shape index (κ3) is 3.12. The van der Waals surface area contributed by atoms with Gasteiger partial charge in [-0.25, -0.2) is 0 Å². The van der Waals surface area contributed by atoms with Crippen LogP contribution in [0.4, 0.5) is 0 Å². The molecule has 1 saturated heterocycles. The van der Waals surface area contributed by atoms with Gasteiger partial charge in [-0.1, -0.05) is 22.9 Å². The maximum absolute atomic E-state index is 12.4. The molecular formula is C14H19BrN2O. The maximum atomic E-state index is 12.4. The number of hydrogen-bond donors (Lipinski definition) is 1. The predicted molar refractivity (Wildman–Crippen MR) is 76.5 cm³/mol. The van der Waals surface area contributed by atoms with E-state index < -0.39 is 0 Å². The van der Waals surface area contributed by atoms with Crippen LogP contribution in [-0.4, -0.2) is 29.9 Å². The highest BCUT2D eigenvalue weighted by Gasteiger charge is 2.26. The number of likely N-dealkylation sites (tertiary alicyclic amines) is 1. The van der Waals surface area contributed by atoms with E-state index in [1.165, 1.54) is 0 Å². The van der Waals surface area contributed by atoms with E-state index in [2.05, 4.69) is 22.9 Å². The molecule has 1 aromatic rings. The lowest BCUT2D eigenvalue weighted by Crippen LogP contribution is -2.48. The fraction of sp³-hybridized carbons (Fsp3) is 0.500. The molecule has 2 rings (SSSR count). The van der Waals surface area contributed by atoms with Gasteiger partial charge in [0.2, 0.25) is 0 Å². The highest BCUT2D eigenvalue weighted by atomic mass is 79.9. The van der Waals surface area contributed by atoms with Gasteiger partial charge in [0.15, 0.2) is 0 Å². The smallest absolute Gasteiger partial charge is 0.253 e. The second-order valence-electron chi connectivity index (χ2n) is 5.33. The second kappa shape index (κ2) is 5.41. The lowest BCUT2D eigenvalue weighted by atomic mass is 9.96. The van der Waals surface area contributed by atoms with Gasteiger partial charge in [0.25, 0.3) is 5.91 Å². The lowest BCUT2D eigenvalue weighted by Gasteiger charge is -2.34. The van der Waals surface area contributed by atoms with Gasteiger partial charge < -0.3 is 10.6 Å². The third-order valence-corrected chi connectivity index (χ3v) is 3.73. The number of carbonyl (C=O) groups is 1. The molecule has 0 aliphatic carbocycles. The van der Waals surface area contributed by atoms with Crippen LogP contribution in [0, 0.1) is 12.8 Å². The molecule has 0 aromatic heterocycles. The van der Waals surface area contributed by atoms with Crippen molar-refractivity contribution in [1.29, 1.82) is 0 Å². The Labute approximate surface area is 116 Å². The minimum absolute atomic E-state index is 0.0846. The Morgan fingerprint density at radius 1 is 1.39 bits per heavy atom. The zero-order valence-corrected chi connectivity index (χ0v) is 12.4. The van der Waals surface area contributed by atoms with Crippen molar-refractivity contribution in [1.82, 2.24) is 4.90 Å². The van der Waals surface area contributed by atoms with Gasteiger partial charge in [-0.15, -0.1) is 0 Å². The number of carbonyl (C=O) groups excluding carboxylic acids is 1. The van der Waals surface area contributed by atoms with Crippen LogP contribution in [0.5, 0.6) is 0 Å². The summed E-state index contributed by atoms with van der Waals surface area (Å²) >= 11 is 3.43. The molecule has 4 heteroatoms. The molecule has 2 atom stereocenters. The second-order valence-corrected chi connectivity index (χ2v) is 6.24. The molecule has 3 nitrogen and oxygen atoms in total. The summed E-state index contributed by atoms with van der Waals surface area (Å²) in [5.74, 6) is 0.562. The minimum atomic E-state index is 0.0846. The summed E-state index contributed by atoms with van der Waals surface area (Å²) in [6, 6.07) is 5.91. The maximum Gasteiger partial charge on any atom is 0.253 e. The van der Waals surface area contributed by atoms with E-state index in [9.17, 15) is 4.79 Å². The van der Waals surface area contributed by atoms with E-state index in [1.54, 1.807) is 0 Å². The summed E-state index contributed by atoms with van der Waals surface area (Å²) in [5, 5.41) is 0. The Bertz CT molecular complexity index is 431. The highest BCUT2D eigenvalue weighted by Crippen LogP contribution is 2.20. The van der Waals surface area contributed by atoms with Crippen LogP contribution < -0.4 is 5.73 Å². The van der Waals surface area contributed by atoms with E-state index in [0.29, 0.717) is 12.5 Å². The van der Waals surface area contributed by atoms with Crippen molar-refractivity contribution in [3.05, 3.63) is 33.8 Å². The number of benzene rings is 1. The van der Waals surface area contributed by atoms with E-state index in [0.717, 1.165) is 28.6 Å². The molecule has 0 spiro atoms. The average Bonchev–Trinajstić information content (AvgIpc) is 2.25. The van der Waals surface area contributed by atoms with Gasteiger partial charge in [0.1, 0.15) is 0 Å². The van der Waals surface area contributed by atoms with E-state index in [4.69, 9.17) is 5.73 Å². The Morgan fingerprint density at radius 2 is 2.11 bits per heavy atom. The van der Waals surface area contributed by atoms with Crippen molar-refractivity contribution in [2.45, 2.75) is 26.3 Å². The van der Waals surface area contributed by atoms with Crippen molar-refractivity contribution in [2.24, 2.45) is 11.7 Å². The fourth-order valence-electron chi connectivity index (χ4n) is 2.61. The molecule has 1 aliphatic rings. The first-order chi connectivity index (χ1) is 8.45. The molecule has 1 aromatic carbocycles. The monoisotopic (exact) mass is 310 g/mol. The molecule has 1 aliphatic heterocycles. The number of piperidine rings is 1. The summed E-state index contributed by atoms with van der Waals surface area (Å²) < 4.78 is 0.945. The Balaban J connectivity index is 2.20. The van der Waals surface area contributed by atoms with Gasteiger partial charge in [-0.05, 0) is 43.0 Å². The minimum Gasteiger partial charge on any atom is -0.337 e. The van der Waals surface area contributed by atoms with Crippen LogP contribution in [-0.2, 0) is 0 Å². The van der Waals surface area contributed by atoms with Crippen LogP contribution in [0.3, 0.4) is 0 Å².